The summed E-state index contributed by atoms with van der Waals surface area (Å²) in [6, 6.07) is 15.7. The van der Waals surface area contributed by atoms with Crippen molar-refractivity contribution in [3.05, 3.63) is 53.7 Å². The molecule has 126 valence electrons. The number of nitrogens with zero attached hydrogens (tertiary/aromatic N) is 1. The van der Waals surface area contributed by atoms with Gasteiger partial charge in [-0.15, -0.1) is 0 Å². The van der Waals surface area contributed by atoms with Crippen molar-refractivity contribution in [2.45, 2.75) is 0 Å². The summed E-state index contributed by atoms with van der Waals surface area (Å²) in [6.45, 7) is 0. The van der Waals surface area contributed by atoms with Crippen LogP contribution in [0.15, 0.2) is 42.5 Å². The summed E-state index contributed by atoms with van der Waals surface area (Å²) >= 11 is 0. The molecule has 0 fully saturated rings. The van der Waals surface area contributed by atoms with Crippen molar-refractivity contribution >= 4 is 22.6 Å². The summed E-state index contributed by atoms with van der Waals surface area (Å²) in [5.41, 5.74) is 3.06. The Morgan fingerprint density at radius 3 is 2.24 bits per heavy atom. The lowest BCUT2D eigenvalue weighted by Gasteiger charge is -2.13. The summed E-state index contributed by atoms with van der Waals surface area (Å²) in [5.74, 6) is 1.51. The molecule has 0 bridgehead atoms. The van der Waals surface area contributed by atoms with Gasteiger partial charge in [0.2, 0.25) is 5.75 Å². The third kappa shape index (κ3) is 3.15. The molecule has 2 aromatic carbocycles. The van der Waals surface area contributed by atoms with Crippen LogP contribution >= 0.6 is 0 Å². The third-order valence-electron chi connectivity index (χ3n) is 3.95. The number of aromatic nitrogens is 1. The van der Waals surface area contributed by atoms with Gasteiger partial charge in [0.15, 0.2) is 11.5 Å². The Bertz CT molecular complexity index is 922. The molecule has 0 saturated heterocycles. The number of nitrogens with one attached hydrogen (secondary N) is 1. The van der Waals surface area contributed by atoms with Gasteiger partial charge in [-0.2, -0.15) is 5.26 Å². The normalized spacial score (nSPS) is 11.2. The standard InChI is InChI=1S/C20H18N2O3/c1-23-18-10-14(11-19(24-2)20(18)25-3)15(12-21)9-16-8-13-6-4-5-7-17(13)22-16/h4-11,22H,1-3H3/b15-9+. The first kappa shape index (κ1) is 16.5. The molecule has 0 atom stereocenters. The molecule has 0 spiro atoms. The Kier molecular flexibility index (Phi) is 4.62. The number of allylic oxidation sites excluding steroid dienone is 1. The molecular weight excluding hydrogens is 316 g/mol. The molecule has 5 nitrogen and oxygen atoms in total. The molecular formula is C20H18N2O3. The summed E-state index contributed by atoms with van der Waals surface area (Å²) in [7, 11) is 4.65. The zero-order valence-electron chi connectivity index (χ0n) is 14.3. The van der Waals surface area contributed by atoms with E-state index < -0.39 is 0 Å². The van der Waals surface area contributed by atoms with Crippen LogP contribution in [-0.4, -0.2) is 26.3 Å². The minimum absolute atomic E-state index is 0.491. The molecule has 1 aromatic heterocycles. The smallest absolute Gasteiger partial charge is 0.203 e. The first-order valence-corrected chi connectivity index (χ1v) is 7.70. The number of rotatable bonds is 5. The highest BCUT2D eigenvalue weighted by Gasteiger charge is 2.15. The monoisotopic (exact) mass is 334 g/mol. The average Bonchev–Trinajstić information content (AvgIpc) is 3.07. The highest BCUT2D eigenvalue weighted by atomic mass is 16.5. The van der Waals surface area contributed by atoms with Gasteiger partial charge in [-0.25, -0.2) is 0 Å². The minimum Gasteiger partial charge on any atom is -0.493 e. The van der Waals surface area contributed by atoms with E-state index in [-0.39, 0.29) is 0 Å². The zero-order valence-corrected chi connectivity index (χ0v) is 14.3. The van der Waals surface area contributed by atoms with Gasteiger partial charge < -0.3 is 19.2 Å². The SMILES string of the molecule is COc1cc(/C(C#N)=C/c2cc3ccccc3[nH]2)cc(OC)c1OC. The third-order valence-corrected chi connectivity index (χ3v) is 3.95. The van der Waals surface area contributed by atoms with E-state index in [1.54, 1.807) is 39.5 Å². The molecule has 0 radical (unpaired) electrons. The largest absolute Gasteiger partial charge is 0.493 e. The number of hydrogen-bond acceptors (Lipinski definition) is 4. The van der Waals surface area contributed by atoms with Gasteiger partial charge in [0, 0.05) is 11.2 Å². The topological polar surface area (TPSA) is 67.3 Å². The highest BCUT2D eigenvalue weighted by molar-refractivity contribution is 5.93. The lowest BCUT2D eigenvalue weighted by atomic mass is 10.0. The van der Waals surface area contributed by atoms with Crippen molar-refractivity contribution in [3.8, 4) is 23.3 Å². The fourth-order valence-electron chi connectivity index (χ4n) is 2.75. The van der Waals surface area contributed by atoms with E-state index in [0.717, 1.165) is 16.6 Å². The lowest BCUT2D eigenvalue weighted by Crippen LogP contribution is -1.96. The molecule has 0 aliphatic rings. The Hall–Kier alpha value is -3.39. The molecule has 0 aliphatic heterocycles. The van der Waals surface area contributed by atoms with Crippen LogP contribution < -0.4 is 14.2 Å². The van der Waals surface area contributed by atoms with Gasteiger partial charge in [-0.05, 0) is 41.3 Å². The molecule has 5 heteroatoms. The molecule has 3 rings (SSSR count). The van der Waals surface area contributed by atoms with Crippen molar-refractivity contribution in [2.24, 2.45) is 0 Å². The number of ether oxygens (including phenoxy) is 3. The first-order valence-electron chi connectivity index (χ1n) is 7.70. The Labute approximate surface area is 146 Å². The second-order valence-corrected chi connectivity index (χ2v) is 5.40. The van der Waals surface area contributed by atoms with Crippen molar-refractivity contribution in [2.75, 3.05) is 21.3 Å². The summed E-state index contributed by atoms with van der Waals surface area (Å²) in [6.07, 6.45) is 1.81. The van der Waals surface area contributed by atoms with Crippen LogP contribution in [0.4, 0.5) is 0 Å². The maximum atomic E-state index is 9.62. The van der Waals surface area contributed by atoms with E-state index in [4.69, 9.17) is 14.2 Å². The van der Waals surface area contributed by atoms with Crippen LogP contribution in [-0.2, 0) is 0 Å². The number of para-hydroxylation sites is 1. The predicted octanol–water partition coefficient (Wildman–Crippen LogP) is 4.26. The minimum atomic E-state index is 0.491. The van der Waals surface area contributed by atoms with E-state index in [2.05, 4.69) is 11.1 Å². The van der Waals surface area contributed by atoms with Gasteiger partial charge in [-0.3, -0.25) is 0 Å². The number of benzene rings is 2. The first-order chi connectivity index (χ1) is 12.2. The Morgan fingerprint density at radius 1 is 1.00 bits per heavy atom. The van der Waals surface area contributed by atoms with Crippen LogP contribution in [0.5, 0.6) is 17.2 Å². The number of H-pyrrole nitrogens is 1. The highest BCUT2D eigenvalue weighted by Crippen LogP contribution is 2.40. The van der Waals surface area contributed by atoms with Gasteiger partial charge in [-0.1, -0.05) is 18.2 Å². The average molecular weight is 334 g/mol. The zero-order chi connectivity index (χ0) is 17.8. The second-order valence-electron chi connectivity index (χ2n) is 5.40. The van der Waals surface area contributed by atoms with E-state index in [1.807, 2.05) is 30.3 Å². The van der Waals surface area contributed by atoms with Gasteiger partial charge >= 0.3 is 0 Å². The fourth-order valence-corrected chi connectivity index (χ4v) is 2.75. The van der Waals surface area contributed by atoms with Crippen molar-refractivity contribution < 1.29 is 14.2 Å². The maximum absolute atomic E-state index is 9.62. The number of nitriles is 1. The van der Waals surface area contributed by atoms with Gasteiger partial charge in [0.25, 0.3) is 0 Å². The molecule has 25 heavy (non-hydrogen) atoms. The fraction of sp³-hybridized carbons (Fsp3) is 0.150. The van der Waals surface area contributed by atoms with E-state index >= 15 is 0 Å². The molecule has 0 saturated carbocycles. The number of aromatic amines is 1. The van der Waals surface area contributed by atoms with Crippen LogP contribution in [0.25, 0.3) is 22.6 Å². The second kappa shape index (κ2) is 7.02. The predicted molar refractivity (Wildman–Crippen MR) is 97.9 cm³/mol. The van der Waals surface area contributed by atoms with E-state index in [0.29, 0.717) is 28.4 Å². The van der Waals surface area contributed by atoms with Crippen LogP contribution in [0.2, 0.25) is 0 Å². The van der Waals surface area contributed by atoms with Crippen LogP contribution in [0.3, 0.4) is 0 Å². The maximum Gasteiger partial charge on any atom is 0.203 e. The van der Waals surface area contributed by atoms with Crippen LogP contribution in [0, 0.1) is 11.3 Å². The van der Waals surface area contributed by atoms with Crippen LogP contribution in [0.1, 0.15) is 11.3 Å². The van der Waals surface area contributed by atoms with Crippen molar-refractivity contribution in [3.63, 3.8) is 0 Å². The lowest BCUT2D eigenvalue weighted by molar-refractivity contribution is 0.324. The van der Waals surface area contributed by atoms with Crippen molar-refractivity contribution in [1.82, 2.24) is 4.98 Å². The molecule has 1 heterocycles. The Balaban J connectivity index is 2.10. The molecule has 0 aliphatic carbocycles. The molecule has 3 aromatic rings. The number of methoxy groups -OCH3 is 3. The quantitative estimate of drug-likeness (QED) is 0.708. The number of fused-ring (bicyclic) bond motifs is 1. The summed E-state index contributed by atoms with van der Waals surface area (Å²) in [5, 5.41) is 10.7. The van der Waals surface area contributed by atoms with Gasteiger partial charge in [0.05, 0.1) is 33.0 Å². The number of hydrogen-bond donors (Lipinski definition) is 1. The molecule has 0 unspecified atom stereocenters. The van der Waals surface area contributed by atoms with E-state index in [9.17, 15) is 5.26 Å². The molecule has 1 N–H and O–H groups in total. The van der Waals surface area contributed by atoms with E-state index in [1.165, 1.54) is 0 Å². The molecule has 0 amide bonds. The summed E-state index contributed by atoms with van der Waals surface area (Å²) < 4.78 is 16.1. The summed E-state index contributed by atoms with van der Waals surface area (Å²) in [4.78, 5) is 3.30. The van der Waals surface area contributed by atoms with Gasteiger partial charge in [0.1, 0.15) is 0 Å². The van der Waals surface area contributed by atoms with Crippen molar-refractivity contribution in [1.29, 1.82) is 5.26 Å². The Morgan fingerprint density at radius 2 is 1.68 bits per heavy atom.